The van der Waals surface area contributed by atoms with Gasteiger partial charge in [-0.05, 0) is 38.0 Å². The molecule has 1 amide bonds. The molecule has 0 atom stereocenters. The molecule has 94 valence electrons. The number of benzene rings is 1. The van der Waals surface area contributed by atoms with Gasteiger partial charge >= 0.3 is 0 Å². The molecule has 1 rings (SSSR count). The van der Waals surface area contributed by atoms with Gasteiger partial charge in [-0.15, -0.1) is 0 Å². The lowest BCUT2D eigenvalue weighted by Crippen LogP contribution is -2.34. The van der Waals surface area contributed by atoms with Crippen molar-refractivity contribution in [1.82, 2.24) is 0 Å². The van der Waals surface area contributed by atoms with E-state index in [0.717, 1.165) is 12.0 Å². The highest BCUT2D eigenvalue weighted by Gasteiger charge is 2.13. The topological polar surface area (TPSA) is 64.3 Å². The maximum atomic E-state index is 11.1. The molecule has 0 aromatic heterocycles. The molecule has 0 fully saturated rings. The van der Waals surface area contributed by atoms with Crippen LogP contribution >= 0.6 is 0 Å². The highest BCUT2D eigenvalue weighted by Crippen LogP contribution is 2.26. The number of hydrogen-bond acceptors (Lipinski definition) is 3. The highest BCUT2D eigenvalue weighted by atomic mass is 16.5. The van der Waals surface area contributed by atoms with E-state index < -0.39 is 0 Å². The fourth-order valence-electron chi connectivity index (χ4n) is 1.68. The summed E-state index contributed by atoms with van der Waals surface area (Å²) in [6.45, 7) is 5.41. The van der Waals surface area contributed by atoms with E-state index in [1.165, 1.54) is 6.92 Å². The first-order valence-corrected chi connectivity index (χ1v) is 5.55. The second-order valence-electron chi connectivity index (χ2n) is 4.88. The van der Waals surface area contributed by atoms with E-state index in [1.54, 1.807) is 7.11 Å². The van der Waals surface area contributed by atoms with Crippen LogP contribution in [0.25, 0.3) is 0 Å². The number of anilines is 1. The van der Waals surface area contributed by atoms with Crippen LogP contribution in [-0.2, 0) is 11.2 Å². The fraction of sp³-hybridized carbons (Fsp3) is 0.462. The predicted octanol–water partition coefficient (Wildman–Crippen LogP) is 1.93. The van der Waals surface area contributed by atoms with Crippen molar-refractivity contribution in [1.29, 1.82) is 0 Å². The summed E-state index contributed by atoms with van der Waals surface area (Å²) in [6.07, 6.45) is 0.740. The molecule has 0 bridgehead atoms. The van der Waals surface area contributed by atoms with Crippen molar-refractivity contribution in [3.05, 3.63) is 23.8 Å². The lowest BCUT2D eigenvalue weighted by atomic mass is 9.96. The maximum absolute atomic E-state index is 11.1. The summed E-state index contributed by atoms with van der Waals surface area (Å²) in [5, 5.41) is 2.75. The van der Waals surface area contributed by atoms with Gasteiger partial charge in [-0.3, -0.25) is 4.79 Å². The summed E-state index contributed by atoms with van der Waals surface area (Å²) in [5.41, 5.74) is 7.45. The molecule has 0 saturated heterocycles. The van der Waals surface area contributed by atoms with Crippen LogP contribution in [0, 0.1) is 0 Å². The van der Waals surface area contributed by atoms with Crippen molar-refractivity contribution in [2.24, 2.45) is 5.73 Å². The Balaban J connectivity index is 3.00. The van der Waals surface area contributed by atoms with Crippen molar-refractivity contribution in [2.75, 3.05) is 12.4 Å². The van der Waals surface area contributed by atoms with E-state index in [-0.39, 0.29) is 11.4 Å². The lowest BCUT2D eigenvalue weighted by Gasteiger charge is -2.19. The zero-order valence-electron chi connectivity index (χ0n) is 10.8. The first-order chi connectivity index (χ1) is 7.81. The molecule has 1 aromatic carbocycles. The number of hydrogen-bond donors (Lipinski definition) is 2. The molecule has 0 aliphatic carbocycles. The van der Waals surface area contributed by atoms with E-state index in [2.05, 4.69) is 5.32 Å². The SMILES string of the molecule is COc1ccc(CC(C)(C)N)cc1NC(C)=O. The Hall–Kier alpha value is -1.55. The zero-order chi connectivity index (χ0) is 13.1. The Morgan fingerprint density at radius 2 is 2.12 bits per heavy atom. The van der Waals surface area contributed by atoms with E-state index in [0.29, 0.717) is 11.4 Å². The summed E-state index contributed by atoms with van der Waals surface area (Å²) < 4.78 is 5.19. The molecule has 0 saturated carbocycles. The number of carbonyl (C=O) groups excluding carboxylic acids is 1. The van der Waals surface area contributed by atoms with Crippen LogP contribution in [0.4, 0.5) is 5.69 Å². The number of amides is 1. The van der Waals surface area contributed by atoms with Crippen LogP contribution in [-0.4, -0.2) is 18.6 Å². The van der Waals surface area contributed by atoms with Crippen LogP contribution in [0.15, 0.2) is 18.2 Å². The Morgan fingerprint density at radius 1 is 1.47 bits per heavy atom. The fourth-order valence-corrected chi connectivity index (χ4v) is 1.68. The second kappa shape index (κ2) is 5.19. The number of rotatable bonds is 4. The number of nitrogens with two attached hydrogens (primary N) is 1. The normalized spacial score (nSPS) is 11.1. The summed E-state index contributed by atoms with van der Waals surface area (Å²) in [7, 11) is 1.58. The standard InChI is InChI=1S/C13H20N2O2/c1-9(16)15-11-7-10(8-13(2,3)14)5-6-12(11)17-4/h5-7H,8,14H2,1-4H3,(H,15,16). The second-order valence-corrected chi connectivity index (χ2v) is 4.88. The monoisotopic (exact) mass is 236 g/mol. The molecular weight excluding hydrogens is 216 g/mol. The van der Waals surface area contributed by atoms with E-state index in [1.807, 2.05) is 32.0 Å². The van der Waals surface area contributed by atoms with Crippen LogP contribution in [0.3, 0.4) is 0 Å². The molecule has 0 unspecified atom stereocenters. The van der Waals surface area contributed by atoms with Crippen LogP contribution in [0.2, 0.25) is 0 Å². The summed E-state index contributed by atoms with van der Waals surface area (Å²) in [5.74, 6) is 0.534. The number of nitrogens with one attached hydrogen (secondary N) is 1. The largest absolute Gasteiger partial charge is 0.495 e. The predicted molar refractivity (Wildman–Crippen MR) is 69.3 cm³/mol. The smallest absolute Gasteiger partial charge is 0.221 e. The molecule has 4 nitrogen and oxygen atoms in total. The lowest BCUT2D eigenvalue weighted by molar-refractivity contribution is -0.114. The van der Waals surface area contributed by atoms with Gasteiger partial charge in [0.15, 0.2) is 0 Å². The molecule has 17 heavy (non-hydrogen) atoms. The average molecular weight is 236 g/mol. The summed E-state index contributed by atoms with van der Waals surface area (Å²) in [4.78, 5) is 11.1. The van der Waals surface area contributed by atoms with Gasteiger partial charge in [0.25, 0.3) is 0 Å². The molecule has 0 heterocycles. The van der Waals surface area contributed by atoms with Gasteiger partial charge < -0.3 is 15.8 Å². The third-order valence-corrected chi connectivity index (χ3v) is 2.23. The minimum Gasteiger partial charge on any atom is -0.495 e. The Kier molecular flexibility index (Phi) is 4.12. The van der Waals surface area contributed by atoms with Gasteiger partial charge in [0.1, 0.15) is 5.75 Å². The molecule has 4 heteroatoms. The molecule has 0 spiro atoms. The Morgan fingerprint density at radius 3 is 2.59 bits per heavy atom. The molecule has 0 radical (unpaired) electrons. The number of carbonyl (C=O) groups is 1. The summed E-state index contributed by atoms with van der Waals surface area (Å²) >= 11 is 0. The van der Waals surface area contributed by atoms with E-state index in [4.69, 9.17) is 10.5 Å². The first kappa shape index (κ1) is 13.5. The van der Waals surface area contributed by atoms with E-state index >= 15 is 0 Å². The number of methoxy groups -OCH3 is 1. The Bertz CT molecular complexity index is 408. The van der Waals surface area contributed by atoms with Crippen molar-refractivity contribution < 1.29 is 9.53 Å². The molecule has 0 aliphatic heterocycles. The third-order valence-electron chi connectivity index (χ3n) is 2.23. The van der Waals surface area contributed by atoms with Gasteiger partial charge in [0, 0.05) is 12.5 Å². The molecule has 1 aromatic rings. The average Bonchev–Trinajstić information content (AvgIpc) is 2.14. The van der Waals surface area contributed by atoms with Crippen LogP contribution in [0.1, 0.15) is 26.3 Å². The van der Waals surface area contributed by atoms with Gasteiger partial charge in [0.05, 0.1) is 12.8 Å². The van der Waals surface area contributed by atoms with Crippen LogP contribution in [0.5, 0.6) is 5.75 Å². The first-order valence-electron chi connectivity index (χ1n) is 5.55. The van der Waals surface area contributed by atoms with Gasteiger partial charge in [-0.25, -0.2) is 0 Å². The van der Waals surface area contributed by atoms with Gasteiger partial charge in [0.2, 0.25) is 5.91 Å². The van der Waals surface area contributed by atoms with Gasteiger partial charge in [-0.1, -0.05) is 6.07 Å². The maximum Gasteiger partial charge on any atom is 0.221 e. The van der Waals surface area contributed by atoms with Crippen molar-refractivity contribution in [3.63, 3.8) is 0 Å². The summed E-state index contributed by atoms with van der Waals surface area (Å²) in [6, 6.07) is 5.69. The van der Waals surface area contributed by atoms with Gasteiger partial charge in [-0.2, -0.15) is 0 Å². The molecule has 3 N–H and O–H groups in total. The third kappa shape index (κ3) is 4.44. The zero-order valence-corrected chi connectivity index (χ0v) is 10.8. The highest BCUT2D eigenvalue weighted by molar-refractivity contribution is 5.90. The van der Waals surface area contributed by atoms with Crippen LogP contribution < -0.4 is 15.8 Å². The quantitative estimate of drug-likeness (QED) is 0.839. The van der Waals surface area contributed by atoms with Crippen molar-refractivity contribution in [3.8, 4) is 5.75 Å². The Labute approximate surface area is 102 Å². The minimum absolute atomic E-state index is 0.118. The van der Waals surface area contributed by atoms with Crippen molar-refractivity contribution in [2.45, 2.75) is 32.7 Å². The van der Waals surface area contributed by atoms with E-state index in [9.17, 15) is 4.79 Å². The molecular formula is C13H20N2O2. The van der Waals surface area contributed by atoms with Crippen molar-refractivity contribution >= 4 is 11.6 Å². The number of ether oxygens (including phenoxy) is 1. The molecule has 0 aliphatic rings. The minimum atomic E-state index is -0.276.